The lowest BCUT2D eigenvalue weighted by molar-refractivity contribution is -0.384. The quantitative estimate of drug-likeness (QED) is 0.479. The molecule has 0 amide bonds. The molecule has 21 heavy (non-hydrogen) atoms. The molecule has 8 nitrogen and oxygen atoms in total. The van der Waals surface area contributed by atoms with Crippen LogP contribution in [0.15, 0.2) is 33.9 Å². The third kappa shape index (κ3) is 2.87. The monoisotopic (exact) mass is 307 g/mol. The van der Waals surface area contributed by atoms with Crippen molar-refractivity contribution in [1.82, 2.24) is 10.2 Å². The molecule has 0 aliphatic carbocycles. The number of nitrogens with zero attached hydrogens (tertiary/aromatic N) is 3. The first-order chi connectivity index (χ1) is 10.1. The van der Waals surface area contributed by atoms with Gasteiger partial charge >= 0.3 is 5.97 Å². The third-order valence-electron chi connectivity index (χ3n) is 2.84. The van der Waals surface area contributed by atoms with E-state index in [0.29, 0.717) is 18.6 Å². The van der Waals surface area contributed by atoms with Crippen LogP contribution in [0.3, 0.4) is 0 Å². The summed E-state index contributed by atoms with van der Waals surface area (Å²) in [5, 5.41) is 18.3. The van der Waals surface area contributed by atoms with Gasteiger partial charge in [-0.3, -0.25) is 14.9 Å². The molecule has 2 aromatic rings. The number of carbonyl (C=O) groups excluding carboxylic acids is 1. The van der Waals surface area contributed by atoms with Gasteiger partial charge < -0.3 is 9.15 Å². The van der Waals surface area contributed by atoms with Gasteiger partial charge in [0.1, 0.15) is 5.25 Å². The zero-order valence-corrected chi connectivity index (χ0v) is 11.4. The van der Waals surface area contributed by atoms with Gasteiger partial charge in [0.2, 0.25) is 5.89 Å². The van der Waals surface area contributed by atoms with Crippen LogP contribution in [-0.2, 0) is 9.53 Å². The third-order valence-corrected chi connectivity index (χ3v) is 3.92. The zero-order chi connectivity index (χ0) is 14.8. The fourth-order valence-corrected chi connectivity index (χ4v) is 2.67. The summed E-state index contributed by atoms with van der Waals surface area (Å²) >= 11 is 1.14. The van der Waals surface area contributed by atoms with Crippen LogP contribution in [0.25, 0.3) is 11.5 Å². The van der Waals surface area contributed by atoms with Crippen LogP contribution in [0, 0.1) is 10.1 Å². The predicted molar refractivity (Wildman–Crippen MR) is 71.6 cm³/mol. The first-order valence-corrected chi connectivity index (χ1v) is 6.93. The van der Waals surface area contributed by atoms with Gasteiger partial charge in [0.05, 0.1) is 11.5 Å². The number of benzene rings is 1. The molecule has 0 saturated carbocycles. The summed E-state index contributed by atoms with van der Waals surface area (Å²) in [5.41, 5.74) is 0.400. The maximum absolute atomic E-state index is 11.4. The number of aromatic nitrogens is 2. The van der Waals surface area contributed by atoms with Gasteiger partial charge in [-0.05, 0) is 17.8 Å². The van der Waals surface area contributed by atoms with Crippen LogP contribution in [0.1, 0.15) is 6.42 Å². The second-order valence-corrected chi connectivity index (χ2v) is 5.40. The Bertz CT molecular complexity index is 702. The van der Waals surface area contributed by atoms with Crippen LogP contribution >= 0.6 is 11.8 Å². The molecule has 108 valence electrons. The molecule has 0 bridgehead atoms. The Morgan fingerprint density at radius 2 is 2.24 bits per heavy atom. The van der Waals surface area contributed by atoms with Crippen molar-refractivity contribution in [2.45, 2.75) is 16.9 Å². The van der Waals surface area contributed by atoms with E-state index in [9.17, 15) is 14.9 Å². The minimum Gasteiger partial charge on any atom is -0.465 e. The van der Waals surface area contributed by atoms with Crippen molar-refractivity contribution in [3.63, 3.8) is 0 Å². The lowest BCUT2D eigenvalue weighted by Crippen LogP contribution is -2.09. The number of rotatable bonds is 4. The molecular weight excluding hydrogens is 298 g/mol. The second-order valence-electron chi connectivity index (χ2n) is 4.24. The van der Waals surface area contributed by atoms with Crippen LogP contribution in [0.4, 0.5) is 5.69 Å². The lowest BCUT2D eigenvalue weighted by Gasteiger charge is -1.99. The average Bonchev–Trinajstić information content (AvgIpc) is 3.10. The van der Waals surface area contributed by atoms with Crippen LogP contribution in [0.5, 0.6) is 0 Å². The minimum absolute atomic E-state index is 0.0562. The van der Waals surface area contributed by atoms with Crippen molar-refractivity contribution in [3.8, 4) is 11.5 Å². The summed E-state index contributed by atoms with van der Waals surface area (Å²) in [4.78, 5) is 21.6. The molecule has 0 unspecified atom stereocenters. The van der Waals surface area contributed by atoms with E-state index in [4.69, 9.17) is 9.15 Å². The van der Waals surface area contributed by atoms with E-state index in [1.54, 1.807) is 12.1 Å². The van der Waals surface area contributed by atoms with E-state index in [1.807, 2.05) is 0 Å². The molecule has 0 spiro atoms. The van der Waals surface area contributed by atoms with Crippen molar-refractivity contribution in [1.29, 1.82) is 0 Å². The maximum atomic E-state index is 11.4. The lowest BCUT2D eigenvalue weighted by atomic mass is 10.2. The SMILES string of the molecule is O=C1OCC[C@H]1Sc1nnc(-c2cccc([N+](=O)[O-])c2)o1. The highest BCUT2D eigenvalue weighted by molar-refractivity contribution is 8.00. The predicted octanol–water partition coefficient (Wildman–Crippen LogP) is 2.05. The topological polar surface area (TPSA) is 108 Å². The number of carbonyl (C=O) groups is 1. The van der Waals surface area contributed by atoms with Crippen molar-refractivity contribution in [3.05, 3.63) is 34.4 Å². The molecule has 3 rings (SSSR count). The number of ether oxygens (including phenoxy) is 1. The molecule has 0 N–H and O–H groups in total. The zero-order valence-electron chi connectivity index (χ0n) is 10.6. The van der Waals surface area contributed by atoms with Gasteiger partial charge in [-0.1, -0.05) is 6.07 Å². The van der Waals surface area contributed by atoms with E-state index >= 15 is 0 Å². The summed E-state index contributed by atoms with van der Waals surface area (Å²) in [5.74, 6) is -0.123. The van der Waals surface area contributed by atoms with E-state index in [1.165, 1.54) is 12.1 Å². The fraction of sp³-hybridized carbons (Fsp3) is 0.250. The van der Waals surface area contributed by atoms with Crippen LogP contribution in [0.2, 0.25) is 0 Å². The van der Waals surface area contributed by atoms with Gasteiger partial charge in [0.15, 0.2) is 0 Å². The Kier molecular flexibility index (Phi) is 3.57. The number of thioether (sulfide) groups is 1. The molecule has 1 atom stereocenters. The van der Waals surface area contributed by atoms with E-state index in [-0.39, 0.29) is 28.0 Å². The molecule has 1 aromatic carbocycles. The number of nitro groups is 1. The molecular formula is C12H9N3O5S. The summed E-state index contributed by atoms with van der Waals surface area (Å²) in [6, 6.07) is 5.91. The highest BCUT2D eigenvalue weighted by Gasteiger charge is 2.29. The molecule has 0 radical (unpaired) electrons. The van der Waals surface area contributed by atoms with Crippen molar-refractivity contribution in [2.24, 2.45) is 0 Å². The first-order valence-electron chi connectivity index (χ1n) is 6.05. The summed E-state index contributed by atoms with van der Waals surface area (Å²) in [6.07, 6.45) is 0.595. The Labute approximate surface area is 122 Å². The fourth-order valence-electron chi connectivity index (χ4n) is 1.83. The number of non-ortho nitro benzene ring substituents is 1. The highest BCUT2D eigenvalue weighted by Crippen LogP contribution is 2.31. The largest absolute Gasteiger partial charge is 0.465 e. The van der Waals surface area contributed by atoms with Gasteiger partial charge in [0, 0.05) is 24.1 Å². The second kappa shape index (κ2) is 5.52. The molecule has 9 heteroatoms. The van der Waals surface area contributed by atoms with E-state index in [2.05, 4.69) is 10.2 Å². The summed E-state index contributed by atoms with van der Waals surface area (Å²) in [6.45, 7) is 0.391. The Morgan fingerprint density at radius 1 is 1.38 bits per heavy atom. The van der Waals surface area contributed by atoms with E-state index in [0.717, 1.165) is 11.8 Å². The minimum atomic E-state index is -0.496. The van der Waals surface area contributed by atoms with Crippen molar-refractivity contribution in [2.75, 3.05) is 6.61 Å². The van der Waals surface area contributed by atoms with Crippen molar-refractivity contribution < 1.29 is 18.9 Å². The van der Waals surface area contributed by atoms with Gasteiger partial charge in [0.25, 0.3) is 10.9 Å². The first kappa shape index (κ1) is 13.6. The Balaban J connectivity index is 1.79. The Hall–Kier alpha value is -2.42. The molecule has 1 saturated heterocycles. The molecule has 1 fully saturated rings. The van der Waals surface area contributed by atoms with Gasteiger partial charge in [-0.2, -0.15) is 0 Å². The maximum Gasteiger partial charge on any atom is 0.319 e. The molecule has 2 heterocycles. The van der Waals surface area contributed by atoms with Gasteiger partial charge in [-0.15, -0.1) is 10.2 Å². The molecule has 1 aromatic heterocycles. The van der Waals surface area contributed by atoms with Crippen molar-refractivity contribution >= 4 is 23.4 Å². The number of cyclic esters (lactones) is 1. The number of nitro benzene ring substituents is 1. The normalized spacial score (nSPS) is 17.7. The van der Waals surface area contributed by atoms with E-state index < -0.39 is 4.92 Å². The summed E-state index contributed by atoms with van der Waals surface area (Å²) < 4.78 is 10.3. The number of hydrogen-bond donors (Lipinski definition) is 0. The molecule has 1 aliphatic heterocycles. The average molecular weight is 307 g/mol. The smallest absolute Gasteiger partial charge is 0.319 e. The van der Waals surface area contributed by atoms with Crippen LogP contribution in [-0.4, -0.2) is 32.9 Å². The molecule has 1 aliphatic rings. The number of esters is 1. The van der Waals surface area contributed by atoms with Crippen LogP contribution < -0.4 is 0 Å². The van der Waals surface area contributed by atoms with Gasteiger partial charge in [-0.25, -0.2) is 0 Å². The number of hydrogen-bond acceptors (Lipinski definition) is 8. The Morgan fingerprint density at radius 3 is 2.95 bits per heavy atom. The standard InChI is InChI=1S/C12H9N3O5S/c16-11-9(4-5-19-11)21-12-14-13-10(20-12)7-2-1-3-8(6-7)15(17)18/h1-3,6,9H,4-5H2/t9-/m1/s1. The highest BCUT2D eigenvalue weighted by atomic mass is 32.2. The summed E-state index contributed by atoms with van der Waals surface area (Å²) in [7, 11) is 0.